The Kier molecular flexibility index (Phi) is 3.89. The lowest BCUT2D eigenvalue weighted by atomic mass is 10.0. The molecule has 0 spiro atoms. The first-order valence-electron chi connectivity index (χ1n) is 5.43. The number of rotatable bonds is 3. The monoisotopic (exact) mass is 205 g/mol. The largest absolute Gasteiger partial charge is 0.350 e. The summed E-state index contributed by atoms with van der Waals surface area (Å²) in [7, 11) is 0. The summed E-state index contributed by atoms with van der Waals surface area (Å²) in [5.74, 6) is 0.0329. The van der Waals surface area contributed by atoms with E-state index < -0.39 is 0 Å². The van der Waals surface area contributed by atoms with Crippen molar-refractivity contribution in [3.05, 3.63) is 34.9 Å². The zero-order chi connectivity index (χ0) is 11.4. The maximum atomic E-state index is 11.9. The maximum absolute atomic E-state index is 11.9. The average Bonchev–Trinajstić information content (AvgIpc) is 2.21. The first-order valence-corrected chi connectivity index (χ1v) is 5.43. The van der Waals surface area contributed by atoms with Crippen molar-refractivity contribution in [1.29, 1.82) is 0 Å². The van der Waals surface area contributed by atoms with E-state index in [1.54, 1.807) is 0 Å². The number of hydrogen-bond donors (Lipinski definition) is 1. The molecule has 0 fully saturated rings. The average molecular weight is 205 g/mol. The maximum Gasteiger partial charge on any atom is 0.251 e. The van der Waals surface area contributed by atoms with Crippen LogP contribution in [0.4, 0.5) is 0 Å². The molecule has 0 heterocycles. The molecule has 0 saturated heterocycles. The smallest absolute Gasteiger partial charge is 0.251 e. The summed E-state index contributed by atoms with van der Waals surface area (Å²) in [6.45, 7) is 8.09. The molecule has 0 bridgehead atoms. The highest BCUT2D eigenvalue weighted by molar-refractivity contribution is 5.96. The molecular formula is C13H19NO. The number of carbonyl (C=O) groups excluding carboxylic acids is 1. The first kappa shape index (κ1) is 11.8. The molecule has 0 saturated carbocycles. The SMILES string of the molecule is CCC(C)NC(=O)c1cccc(C)c1C. The minimum Gasteiger partial charge on any atom is -0.350 e. The van der Waals surface area contributed by atoms with E-state index in [-0.39, 0.29) is 11.9 Å². The molecule has 0 aromatic heterocycles. The van der Waals surface area contributed by atoms with Gasteiger partial charge in [-0.05, 0) is 44.4 Å². The van der Waals surface area contributed by atoms with Crippen LogP contribution < -0.4 is 5.32 Å². The molecular weight excluding hydrogens is 186 g/mol. The molecule has 1 aromatic carbocycles. The third kappa shape index (κ3) is 2.82. The fourth-order valence-corrected chi connectivity index (χ4v) is 1.40. The van der Waals surface area contributed by atoms with Crippen LogP contribution in [0.5, 0.6) is 0 Å². The predicted molar refractivity (Wildman–Crippen MR) is 63.1 cm³/mol. The molecule has 0 aliphatic heterocycles. The molecule has 1 unspecified atom stereocenters. The van der Waals surface area contributed by atoms with Gasteiger partial charge in [-0.25, -0.2) is 0 Å². The fraction of sp³-hybridized carbons (Fsp3) is 0.462. The first-order chi connectivity index (χ1) is 7.06. The Morgan fingerprint density at radius 3 is 2.67 bits per heavy atom. The van der Waals surface area contributed by atoms with Gasteiger partial charge in [-0.2, -0.15) is 0 Å². The van der Waals surface area contributed by atoms with Crippen molar-refractivity contribution in [2.75, 3.05) is 0 Å². The summed E-state index contributed by atoms with van der Waals surface area (Å²) < 4.78 is 0. The highest BCUT2D eigenvalue weighted by atomic mass is 16.1. The topological polar surface area (TPSA) is 29.1 Å². The van der Waals surface area contributed by atoms with E-state index in [9.17, 15) is 4.79 Å². The van der Waals surface area contributed by atoms with Crippen LogP contribution in [0.2, 0.25) is 0 Å². The number of amides is 1. The van der Waals surface area contributed by atoms with Crippen LogP contribution in [0.25, 0.3) is 0 Å². The molecule has 82 valence electrons. The highest BCUT2D eigenvalue weighted by Crippen LogP contribution is 2.12. The van der Waals surface area contributed by atoms with Gasteiger partial charge in [-0.3, -0.25) is 4.79 Å². The molecule has 0 radical (unpaired) electrons. The van der Waals surface area contributed by atoms with Gasteiger partial charge in [0, 0.05) is 11.6 Å². The number of benzene rings is 1. The fourth-order valence-electron chi connectivity index (χ4n) is 1.40. The van der Waals surface area contributed by atoms with Crippen LogP contribution in [0.1, 0.15) is 41.8 Å². The summed E-state index contributed by atoms with van der Waals surface area (Å²) in [6, 6.07) is 6.06. The van der Waals surface area contributed by atoms with Crippen molar-refractivity contribution in [1.82, 2.24) is 5.32 Å². The van der Waals surface area contributed by atoms with Gasteiger partial charge in [0.1, 0.15) is 0 Å². The normalized spacial score (nSPS) is 12.3. The minimum atomic E-state index is 0.0329. The molecule has 2 nitrogen and oxygen atoms in total. The standard InChI is InChI=1S/C13H19NO/c1-5-10(3)14-13(15)12-8-6-7-9(2)11(12)4/h6-8,10H,5H2,1-4H3,(H,14,15). The summed E-state index contributed by atoms with van der Waals surface area (Å²) in [6.07, 6.45) is 0.955. The van der Waals surface area contributed by atoms with Gasteiger partial charge in [0.25, 0.3) is 5.91 Å². The molecule has 0 aliphatic carbocycles. The van der Waals surface area contributed by atoms with Crippen LogP contribution in [0.15, 0.2) is 18.2 Å². The molecule has 0 aliphatic rings. The molecule has 2 heteroatoms. The second-order valence-corrected chi connectivity index (χ2v) is 4.03. The van der Waals surface area contributed by atoms with Gasteiger partial charge in [0.2, 0.25) is 0 Å². The van der Waals surface area contributed by atoms with Crippen LogP contribution in [-0.4, -0.2) is 11.9 Å². The summed E-state index contributed by atoms with van der Waals surface area (Å²) in [5, 5.41) is 2.97. The molecule has 1 N–H and O–H groups in total. The number of aryl methyl sites for hydroxylation is 1. The van der Waals surface area contributed by atoms with Gasteiger partial charge in [-0.15, -0.1) is 0 Å². The van der Waals surface area contributed by atoms with Crippen molar-refractivity contribution >= 4 is 5.91 Å². The van der Waals surface area contributed by atoms with Gasteiger partial charge in [0.05, 0.1) is 0 Å². The molecule has 1 atom stereocenters. The molecule has 1 rings (SSSR count). The van der Waals surface area contributed by atoms with Crippen molar-refractivity contribution in [3.8, 4) is 0 Å². The van der Waals surface area contributed by atoms with Gasteiger partial charge in [-0.1, -0.05) is 19.1 Å². The summed E-state index contributed by atoms with van der Waals surface area (Å²) in [4.78, 5) is 11.9. The summed E-state index contributed by atoms with van der Waals surface area (Å²) >= 11 is 0. The Balaban J connectivity index is 2.87. The van der Waals surface area contributed by atoms with Gasteiger partial charge in [0.15, 0.2) is 0 Å². The van der Waals surface area contributed by atoms with Crippen LogP contribution >= 0.6 is 0 Å². The lowest BCUT2D eigenvalue weighted by Gasteiger charge is -2.13. The minimum absolute atomic E-state index is 0.0329. The van der Waals surface area contributed by atoms with Crippen molar-refractivity contribution in [3.63, 3.8) is 0 Å². The molecule has 1 amide bonds. The zero-order valence-corrected chi connectivity index (χ0v) is 9.92. The zero-order valence-electron chi connectivity index (χ0n) is 9.92. The Bertz CT molecular complexity index is 358. The van der Waals surface area contributed by atoms with E-state index in [2.05, 4.69) is 12.2 Å². The molecule has 15 heavy (non-hydrogen) atoms. The van der Waals surface area contributed by atoms with E-state index in [0.29, 0.717) is 0 Å². The van der Waals surface area contributed by atoms with Crippen LogP contribution in [-0.2, 0) is 0 Å². The van der Waals surface area contributed by atoms with E-state index in [4.69, 9.17) is 0 Å². The Morgan fingerprint density at radius 2 is 2.07 bits per heavy atom. The number of hydrogen-bond acceptors (Lipinski definition) is 1. The van der Waals surface area contributed by atoms with Crippen LogP contribution in [0, 0.1) is 13.8 Å². The summed E-state index contributed by atoms with van der Waals surface area (Å²) in [5.41, 5.74) is 3.01. The van der Waals surface area contributed by atoms with E-state index in [0.717, 1.165) is 23.1 Å². The lowest BCUT2D eigenvalue weighted by molar-refractivity contribution is 0.0938. The number of nitrogens with one attached hydrogen (secondary N) is 1. The third-order valence-electron chi connectivity index (χ3n) is 2.84. The number of carbonyl (C=O) groups is 1. The van der Waals surface area contributed by atoms with Gasteiger partial charge < -0.3 is 5.32 Å². The second kappa shape index (κ2) is 4.96. The predicted octanol–water partition coefficient (Wildman–Crippen LogP) is 2.83. The highest BCUT2D eigenvalue weighted by Gasteiger charge is 2.11. The Morgan fingerprint density at radius 1 is 1.40 bits per heavy atom. The van der Waals surface area contributed by atoms with Crippen molar-refractivity contribution < 1.29 is 4.79 Å². The van der Waals surface area contributed by atoms with Crippen molar-refractivity contribution in [2.24, 2.45) is 0 Å². The molecule has 1 aromatic rings. The van der Waals surface area contributed by atoms with Gasteiger partial charge >= 0.3 is 0 Å². The lowest BCUT2D eigenvalue weighted by Crippen LogP contribution is -2.32. The Labute approximate surface area is 91.7 Å². The van der Waals surface area contributed by atoms with E-state index in [1.165, 1.54) is 0 Å². The third-order valence-corrected chi connectivity index (χ3v) is 2.84. The second-order valence-electron chi connectivity index (χ2n) is 4.03. The van der Waals surface area contributed by atoms with E-state index in [1.807, 2.05) is 39.0 Å². The van der Waals surface area contributed by atoms with E-state index >= 15 is 0 Å². The quantitative estimate of drug-likeness (QED) is 0.807. The van der Waals surface area contributed by atoms with Crippen molar-refractivity contribution in [2.45, 2.75) is 40.2 Å². The van der Waals surface area contributed by atoms with Crippen LogP contribution in [0.3, 0.4) is 0 Å². The Hall–Kier alpha value is -1.31.